The topological polar surface area (TPSA) is 73.0 Å². The molecule has 7 nitrogen and oxygen atoms in total. The third kappa shape index (κ3) is 5.37. The lowest BCUT2D eigenvalue weighted by molar-refractivity contribution is 0.220. The lowest BCUT2D eigenvalue weighted by Crippen LogP contribution is -2.33. The van der Waals surface area contributed by atoms with Crippen molar-refractivity contribution in [3.63, 3.8) is 0 Å². The maximum Gasteiger partial charge on any atom is 0.321 e. The fourth-order valence-corrected chi connectivity index (χ4v) is 4.98. The molecule has 1 aliphatic rings. The lowest BCUT2D eigenvalue weighted by Gasteiger charge is -2.24. The van der Waals surface area contributed by atoms with E-state index in [1.165, 1.54) is 35.0 Å². The number of hydrogen-bond acceptors (Lipinski definition) is 4. The summed E-state index contributed by atoms with van der Waals surface area (Å²) in [7, 11) is -0.231. The van der Waals surface area contributed by atoms with Crippen LogP contribution in [0.5, 0.6) is 0 Å². The van der Waals surface area contributed by atoms with E-state index in [1.54, 1.807) is 31.1 Å². The molecule has 168 valence electrons. The zero-order chi connectivity index (χ0) is 22.6. The Kier molecular flexibility index (Phi) is 7.23. The molecule has 1 fully saturated rings. The highest BCUT2D eigenvalue weighted by molar-refractivity contribution is 7.89. The molecule has 1 aliphatic heterocycles. The molecule has 1 heterocycles. The molecule has 2 aromatic rings. The predicted octanol–water partition coefficient (Wildman–Crippen LogP) is 3.98. The monoisotopic (exact) mass is 444 g/mol. The van der Waals surface area contributed by atoms with E-state index in [0.29, 0.717) is 12.2 Å². The lowest BCUT2D eigenvalue weighted by atomic mass is 10.1. The number of nitrogens with one attached hydrogen (secondary N) is 1. The van der Waals surface area contributed by atoms with Gasteiger partial charge in [0.05, 0.1) is 4.90 Å². The van der Waals surface area contributed by atoms with Crippen molar-refractivity contribution < 1.29 is 13.2 Å². The average Bonchev–Trinajstić information content (AvgIpc) is 3.28. The number of hydrogen-bond donors (Lipinski definition) is 1. The molecule has 31 heavy (non-hydrogen) atoms. The molecule has 0 aromatic heterocycles. The summed E-state index contributed by atoms with van der Waals surface area (Å²) in [4.78, 5) is 16.9. The number of carbonyl (C=O) groups is 1. The molecule has 2 aromatic carbocycles. The van der Waals surface area contributed by atoms with Crippen molar-refractivity contribution in [2.75, 3.05) is 37.4 Å². The Morgan fingerprint density at radius 2 is 1.65 bits per heavy atom. The molecule has 8 heteroatoms. The van der Waals surface area contributed by atoms with Gasteiger partial charge in [-0.1, -0.05) is 18.2 Å². The highest BCUT2D eigenvalue weighted by atomic mass is 32.2. The molecule has 0 bridgehead atoms. The molecule has 0 atom stereocenters. The summed E-state index contributed by atoms with van der Waals surface area (Å²) in [6, 6.07) is 14.1. The molecular formula is C23H32N4O3S. The van der Waals surface area contributed by atoms with Gasteiger partial charge in [0.2, 0.25) is 10.0 Å². The van der Waals surface area contributed by atoms with Crippen LogP contribution in [0.25, 0.3) is 0 Å². The van der Waals surface area contributed by atoms with E-state index < -0.39 is 10.0 Å². The number of urea groups is 1. The van der Waals surface area contributed by atoms with Crippen molar-refractivity contribution in [2.45, 2.75) is 44.2 Å². The second-order valence-electron chi connectivity index (χ2n) is 8.25. The van der Waals surface area contributed by atoms with E-state index in [1.807, 2.05) is 26.0 Å². The second kappa shape index (κ2) is 9.70. The third-order valence-corrected chi connectivity index (χ3v) is 7.75. The molecule has 0 saturated carbocycles. The van der Waals surface area contributed by atoms with Gasteiger partial charge in [-0.3, -0.25) is 0 Å². The maximum atomic E-state index is 12.7. The van der Waals surface area contributed by atoms with Crippen molar-refractivity contribution in [1.29, 1.82) is 0 Å². The molecule has 1 N–H and O–H groups in total. The third-order valence-electron chi connectivity index (χ3n) is 5.70. The smallest absolute Gasteiger partial charge is 0.321 e. The van der Waals surface area contributed by atoms with Crippen LogP contribution in [-0.2, 0) is 16.6 Å². The number of sulfonamides is 1. The number of carbonyl (C=O) groups excluding carboxylic acids is 1. The van der Waals surface area contributed by atoms with Gasteiger partial charge in [0.1, 0.15) is 0 Å². The quantitative estimate of drug-likeness (QED) is 0.701. The fourth-order valence-electron chi connectivity index (χ4n) is 3.61. The Labute approximate surface area is 185 Å². The first-order valence-corrected chi connectivity index (χ1v) is 12.1. The highest BCUT2D eigenvalue weighted by Crippen LogP contribution is 2.26. The summed E-state index contributed by atoms with van der Waals surface area (Å²) in [5.41, 5.74) is 2.85. The van der Waals surface area contributed by atoms with Gasteiger partial charge in [-0.05, 0) is 62.6 Å². The first-order valence-electron chi connectivity index (χ1n) is 10.6. The molecule has 0 spiro atoms. The Balaban J connectivity index is 1.66. The largest absolute Gasteiger partial charge is 0.371 e. The van der Waals surface area contributed by atoms with Crippen LogP contribution < -0.4 is 10.2 Å². The fraction of sp³-hybridized carbons (Fsp3) is 0.435. The van der Waals surface area contributed by atoms with Crippen LogP contribution in [0.4, 0.5) is 16.2 Å². The summed E-state index contributed by atoms with van der Waals surface area (Å²) in [5.74, 6) is 0. The van der Waals surface area contributed by atoms with E-state index in [9.17, 15) is 13.2 Å². The molecule has 0 unspecified atom stereocenters. The number of amides is 2. The van der Waals surface area contributed by atoms with Crippen LogP contribution in [0.3, 0.4) is 0 Å². The van der Waals surface area contributed by atoms with Crippen LogP contribution in [0.2, 0.25) is 0 Å². The molecule has 0 aliphatic carbocycles. The van der Waals surface area contributed by atoms with Crippen molar-refractivity contribution in [3.05, 3.63) is 54.1 Å². The second-order valence-corrected chi connectivity index (χ2v) is 10.2. The summed E-state index contributed by atoms with van der Waals surface area (Å²) < 4.78 is 26.5. The summed E-state index contributed by atoms with van der Waals surface area (Å²) in [5, 5.41) is 2.85. The van der Waals surface area contributed by atoms with Crippen LogP contribution in [0.15, 0.2) is 53.4 Å². The summed E-state index contributed by atoms with van der Waals surface area (Å²) in [6.07, 6.45) is 2.40. The van der Waals surface area contributed by atoms with Crippen molar-refractivity contribution >= 4 is 27.4 Å². The Morgan fingerprint density at radius 3 is 2.26 bits per heavy atom. The first kappa shape index (κ1) is 23.1. The maximum absolute atomic E-state index is 12.7. The molecule has 2 amide bonds. The van der Waals surface area contributed by atoms with Crippen LogP contribution >= 0.6 is 0 Å². The van der Waals surface area contributed by atoms with Gasteiger partial charge in [-0.2, -0.15) is 4.31 Å². The molecule has 3 rings (SSSR count). The van der Waals surface area contributed by atoms with Crippen molar-refractivity contribution in [3.8, 4) is 0 Å². The zero-order valence-corrected chi connectivity index (χ0v) is 19.5. The van der Waals surface area contributed by atoms with E-state index >= 15 is 0 Å². The number of rotatable bonds is 7. The Hall–Kier alpha value is -2.58. The van der Waals surface area contributed by atoms with Gasteiger partial charge in [0.15, 0.2) is 0 Å². The predicted molar refractivity (Wildman–Crippen MR) is 125 cm³/mol. The summed E-state index contributed by atoms with van der Waals surface area (Å²) in [6.45, 7) is 6.24. The van der Waals surface area contributed by atoms with Crippen LogP contribution in [0.1, 0.15) is 32.3 Å². The molecular weight excluding hydrogens is 412 g/mol. The average molecular weight is 445 g/mol. The SMILES string of the molecule is CC(C)N(C)S(=O)(=O)c1ccc(NC(=O)N(C)Cc2ccccc2N2CCCC2)cc1. The van der Waals surface area contributed by atoms with Gasteiger partial charge >= 0.3 is 6.03 Å². The molecule has 1 saturated heterocycles. The van der Waals surface area contributed by atoms with E-state index in [-0.39, 0.29) is 17.0 Å². The minimum Gasteiger partial charge on any atom is -0.371 e. The molecule has 0 radical (unpaired) electrons. The first-order chi connectivity index (χ1) is 14.7. The number of nitrogens with zero attached hydrogens (tertiary/aromatic N) is 3. The number of benzene rings is 2. The van der Waals surface area contributed by atoms with Gasteiger partial charge in [0, 0.05) is 51.1 Å². The minimum absolute atomic E-state index is 0.138. The van der Waals surface area contributed by atoms with E-state index in [2.05, 4.69) is 22.3 Å². The minimum atomic E-state index is -3.55. The van der Waals surface area contributed by atoms with Crippen molar-refractivity contribution in [2.24, 2.45) is 0 Å². The van der Waals surface area contributed by atoms with Crippen LogP contribution in [0, 0.1) is 0 Å². The normalized spacial score (nSPS) is 14.3. The van der Waals surface area contributed by atoms with Gasteiger partial charge in [-0.15, -0.1) is 0 Å². The Morgan fingerprint density at radius 1 is 1.03 bits per heavy atom. The highest BCUT2D eigenvalue weighted by Gasteiger charge is 2.23. The van der Waals surface area contributed by atoms with E-state index in [0.717, 1.165) is 18.7 Å². The van der Waals surface area contributed by atoms with Crippen LogP contribution in [-0.4, -0.2) is 56.9 Å². The standard InChI is InChI=1S/C23H32N4O3S/c1-18(2)26(4)31(29,30)21-13-11-20(12-14-21)24-23(28)25(3)17-19-9-5-6-10-22(19)27-15-7-8-16-27/h5-6,9-14,18H,7-8,15-17H2,1-4H3,(H,24,28). The van der Waals surface area contributed by atoms with Gasteiger partial charge in [-0.25, -0.2) is 13.2 Å². The van der Waals surface area contributed by atoms with Gasteiger partial charge in [0.25, 0.3) is 0 Å². The van der Waals surface area contributed by atoms with Gasteiger partial charge < -0.3 is 15.1 Å². The number of para-hydroxylation sites is 1. The summed E-state index contributed by atoms with van der Waals surface area (Å²) >= 11 is 0. The zero-order valence-electron chi connectivity index (χ0n) is 18.7. The number of anilines is 2. The van der Waals surface area contributed by atoms with E-state index in [4.69, 9.17) is 0 Å². The Bertz CT molecular complexity index is 1000. The van der Waals surface area contributed by atoms with Crippen molar-refractivity contribution in [1.82, 2.24) is 9.21 Å².